The number of rotatable bonds is 14. The van der Waals surface area contributed by atoms with Gasteiger partial charge in [0.1, 0.15) is 63.5 Å². The molecule has 0 unspecified atom stereocenters. The minimum Gasteiger partial charge on any atom is -0.461 e. The van der Waals surface area contributed by atoms with Crippen LogP contribution in [0.5, 0.6) is 0 Å². The van der Waals surface area contributed by atoms with Gasteiger partial charge in [-0.05, 0) is 136 Å². The van der Waals surface area contributed by atoms with Crippen LogP contribution in [-0.2, 0) is 12.4 Å². The molecule has 3 saturated heterocycles. The molecule has 19 nitrogen and oxygen atoms in total. The second-order valence-corrected chi connectivity index (χ2v) is 23.6. The predicted molar refractivity (Wildman–Crippen MR) is 334 cm³/mol. The minimum absolute atomic E-state index is 0. The Morgan fingerprint density at radius 1 is 0.640 bits per heavy atom. The maximum Gasteiger partial charge on any atom is 0.418 e. The maximum atomic E-state index is 13.7. The van der Waals surface area contributed by atoms with Crippen molar-refractivity contribution in [2.45, 2.75) is 110 Å². The second-order valence-electron chi connectivity index (χ2n) is 23.6. The summed E-state index contributed by atoms with van der Waals surface area (Å²) in [5, 5.41) is 10.6. The van der Waals surface area contributed by atoms with Gasteiger partial charge in [0.25, 0.3) is 0 Å². The number of halogens is 6. The van der Waals surface area contributed by atoms with Gasteiger partial charge in [-0.2, -0.15) is 26.3 Å². The molecule has 0 aromatic carbocycles. The van der Waals surface area contributed by atoms with Crippen LogP contribution in [0.3, 0.4) is 0 Å². The summed E-state index contributed by atoms with van der Waals surface area (Å²) < 4.78 is 87.8. The molecule has 7 aromatic heterocycles. The van der Waals surface area contributed by atoms with Gasteiger partial charge in [0.2, 0.25) is 17.3 Å². The van der Waals surface area contributed by atoms with Gasteiger partial charge in [0.15, 0.2) is 0 Å². The second kappa shape index (κ2) is 27.5. The van der Waals surface area contributed by atoms with E-state index in [9.17, 15) is 40.7 Å². The summed E-state index contributed by atoms with van der Waals surface area (Å²) in [4.78, 5) is 70.2. The van der Waals surface area contributed by atoms with E-state index in [4.69, 9.17) is 26.6 Å². The third kappa shape index (κ3) is 15.3. The van der Waals surface area contributed by atoms with Crippen molar-refractivity contribution in [1.82, 2.24) is 45.9 Å². The van der Waals surface area contributed by atoms with E-state index < -0.39 is 46.4 Å². The lowest BCUT2D eigenvalue weighted by atomic mass is 9.74. The lowest BCUT2D eigenvalue weighted by molar-refractivity contribution is -0.138. The van der Waals surface area contributed by atoms with E-state index in [2.05, 4.69) is 80.4 Å². The lowest BCUT2D eigenvalue weighted by Gasteiger charge is -2.53. The number of piperazine rings is 3. The van der Waals surface area contributed by atoms with Crippen LogP contribution >= 0.6 is 0 Å². The number of carbonyl (C=O) groups excluding carboxylic acids is 3. The molecule has 3 atom stereocenters. The molecule has 89 heavy (non-hydrogen) atoms. The fraction of sp³-hybridized carbons (Fsp3) is 0.422. The molecule has 1 spiro atoms. The zero-order valence-electron chi connectivity index (χ0n) is 50.6. The lowest BCUT2D eigenvalue weighted by Crippen LogP contribution is -2.68. The molecule has 0 radical (unpaired) electrons. The molecule has 10 heterocycles. The fourth-order valence-electron chi connectivity index (χ4n) is 11.6. The van der Waals surface area contributed by atoms with Gasteiger partial charge in [-0.25, -0.2) is 29.9 Å². The summed E-state index contributed by atoms with van der Waals surface area (Å²) in [6.45, 7) is 18.3. The molecular formula is C64H79F6N15O4. The first-order valence-electron chi connectivity index (χ1n) is 29.8. The average molecular weight is 1240 g/mol. The van der Waals surface area contributed by atoms with Gasteiger partial charge >= 0.3 is 12.4 Å². The molecule has 0 amide bonds. The highest BCUT2D eigenvalue weighted by molar-refractivity contribution is 6.14. The number of furan rings is 1. The first kappa shape index (κ1) is 64.9. The number of hydrogen-bond acceptors (Lipinski definition) is 19. The van der Waals surface area contributed by atoms with E-state index in [-0.39, 0.29) is 60.9 Å². The molecule has 476 valence electrons. The van der Waals surface area contributed by atoms with E-state index in [1.807, 2.05) is 41.0 Å². The van der Waals surface area contributed by atoms with Crippen molar-refractivity contribution >= 4 is 52.3 Å². The molecule has 11 rings (SSSR count). The smallest absolute Gasteiger partial charge is 0.418 e. The summed E-state index contributed by atoms with van der Waals surface area (Å²) in [6, 6.07) is 21.7. The van der Waals surface area contributed by atoms with Crippen LogP contribution in [0.4, 0.5) is 61.2 Å². The Balaban J connectivity index is 0.000000192. The summed E-state index contributed by atoms with van der Waals surface area (Å²) in [6.07, 6.45) is -0.113. The molecule has 7 aromatic rings. The molecule has 9 N–H and O–H groups in total. The van der Waals surface area contributed by atoms with Gasteiger partial charge < -0.3 is 52.3 Å². The zero-order chi connectivity index (χ0) is 64.0. The minimum atomic E-state index is -4.72. The first-order chi connectivity index (χ1) is 42.3. The Morgan fingerprint density at radius 2 is 1.12 bits per heavy atom. The Morgan fingerprint density at radius 3 is 1.57 bits per heavy atom. The van der Waals surface area contributed by atoms with Gasteiger partial charge in [-0.1, -0.05) is 34.6 Å². The van der Waals surface area contributed by atoms with Crippen LogP contribution in [0.15, 0.2) is 108 Å². The highest BCUT2D eigenvalue weighted by Gasteiger charge is 2.45. The number of nitrogens with one attached hydrogen (secondary N) is 3. The Bertz CT molecular complexity index is 3660. The van der Waals surface area contributed by atoms with E-state index in [1.165, 1.54) is 48.8 Å². The number of ketones is 3. The number of alkyl halides is 6. The molecule has 3 aliphatic heterocycles. The standard InChI is InChI=1S/C23H28F3N5O.C21H26F3N5O.C20H21N5O2.2H2/c1-14(2)11-15-12-31(13-22(30-15)8-4-9-22)18-7-6-17(23(24,25)26)19(29-18)20(32)16-5-3-10-28-21(16)27;1-4-13-10-29(11-16(27-13)12(2)3)17-8-7-15(21(22,23)24)18(28-17)19(30)14-6-5-9-26-20(14)25;1-13-4-6-16(27-13)14-5-7-17(25-11-9-22-10-12-25)24-18(14)19(26)15-3-2-8-23-20(15)21;;/h3,5-7,10,14-15,30H,4,8-9,11-13H2,1-2H3,(H2,27,28);5-9,12-13,16,27H,4,10-11H2,1-3H3,(H2,25,26);2-8,22H,9-12H2,1H3,(H2,21,23);2*1H/t15-;13-,16-;;;/m01.../s1. The first-order valence-corrected chi connectivity index (χ1v) is 29.8. The Hall–Kier alpha value is -8.55. The number of anilines is 6. The monoisotopic (exact) mass is 1240 g/mol. The van der Waals surface area contributed by atoms with Crippen LogP contribution in [0.2, 0.25) is 0 Å². The molecule has 1 aliphatic carbocycles. The highest BCUT2D eigenvalue weighted by Crippen LogP contribution is 2.40. The van der Waals surface area contributed by atoms with Crippen molar-refractivity contribution in [2.75, 3.05) is 84.3 Å². The van der Waals surface area contributed by atoms with Crippen LogP contribution < -0.4 is 47.9 Å². The van der Waals surface area contributed by atoms with Gasteiger partial charge in [-0.15, -0.1) is 0 Å². The molecule has 25 heteroatoms. The number of hydrogen-bond donors (Lipinski definition) is 6. The number of carbonyl (C=O) groups is 3. The van der Waals surface area contributed by atoms with Crippen LogP contribution in [0, 0.1) is 18.8 Å². The van der Waals surface area contributed by atoms with Crippen molar-refractivity contribution in [3.05, 3.63) is 154 Å². The molecule has 4 fully saturated rings. The SMILES string of the molecule is CC(C)C[C@H]1CN(c2ccc(C(F)(F)F)c(C(=O)c3cccnc3N)n2)CC2(CCC2)N1.CC[C@@H]1CN(c2ccc(C(F)(F)F)c(C(=O)c3cccnc3N)n2)C[C@H](C(C)C)N1.Cc1ccc(-c2ccc(N3CCNCC3)nc2C(=O)c2cccnc2N)o1.[HH].[HH]. The summed E-state index contributed by atoms with van der Waals surface area (Å²) in [5.74, 6) is 1.62. The summed E-state index contributed by atoms with van der Waals surface area (Å²) in [7, 11) is 0. The van der Waals surface area contributed by atoms with Crippen LogP contribution in [0.25, 0.3) is 11.3 Å². The summed E-state index contributed by atoms with van der Waals surface area (Å²) in [5.41, 5.74) is 15.1. The third-order valence-electron chi connectivity index (χ3n) is 16.4. The van der Waals surface area contributed by atoms with E-state index >= 15 is 0 Å². The number of aryl methyl sites for hydroxylation is 1. The van der Waals surface area contributed by atoms with Gasteiger partial charge in [0.05, 0.1) is 27.8 Å². The largest absolute Gasteiger partial charge is 0.461 e. The Labute approximate surface area is 515 Å². The van der Waals surface area contributed by atoms with Crippen molar-refractivity contribution in [1.29, 1.82) is 0 Å². The van der Waals surface area contributed by atoms with Crippen LogP contribution in [0.1, 0.15) is 135 Å². The molecule has 0 bridgehead atoms. The molecular weight excluding hydrogens is 1160 g/mol. The highest BCUT2D eigenvalue weighted by atomic mass is 19.4. The number of nitrogen functional groups attached to an aromatic ring is 3. The van der Waals surface area contributed by atoms with E-state index in [1.54, 1.807) is 18.3 Å². The van der Waals surface area contributed by atoms with Crippen molar-refractivity contribution < 1.29 is 48.0 Å². The quantitative estimate of drug-likeness (QED) is 0.0437. The van der Waals surface area contributed by atoms with Crippen molar-refractivity contribution in [3.8, 4) is 11.3 Å². The van der Waals surface area contributed by atoms with Crippen molar-refractivity contribution in [2.24, 2.45) is 11.8 Å². The van der Waals surface area contributed by atoms with E-state index in [0.717, 1.165) is 82.0 Å². The normalized spacial score (nSPS) is 18.4. The third-order valence-corrected chi connectivity index (χ3v) is 16.4. The molecule has 4 aliphatic rings. The summed E-state index contributed by atoms with van der Waals surface area (Å²) >= 11 is 0. The Kier molecular flexibility index (Phi) is 20.0. The van der Waals surface area contributed by atoms with E-state index in [0.29, 0.717) is 72.2 Å². The van der Waals surface area contributed by atoms with Gasteiger partial charge in [-0.3, -0.25) is 14.4 Å². The van der Waals surface area contributed by atoms with Crippen LogP contribution in [-0.4, -0.2) is 123 Å². The zero-order valence-corrected chi connectivity index (χ0v) is 50.6. The average Bonchev–Trinajstić information content (AvgIpc) is 1.01. The fourth-order valence-corrected chi connectivity index (χ4v) is 11.6. The maximum absolute atomic E-state index is 13.7. The number of aromatic nitrogens is 6. The number of nitrogens with zero attached hydrogens (tertiary/aromatic N) is 9. The molecule has 1 saturated carbocycles. The number of pyridine rings is 6. The predicted octanol–water partition coefficient (Wildman–Crippen LogP) is 10.3. The van der Waals surface area contributed by atoms with Crippen molar-refractivity contribution in [3.63, 3.8) is 0 Å². The topological polar surface area (TPSA) is 266 Å². The number of nitrogens with two attached hydrogens (primary N) is 3. The van der Waals surface area contributed by atoms with Gasteiger partial charge in [0, 0.05) is 103 Å².